The van der Waals surface area contributed by atoms with Gasteiger partial charge in [-0.1, -0.05) is 78.7 Å². The maximum atomic E-state index is 6.08. The molecule has 0 unspecified atom stereocenters. The fourth-order valence-corrected chi connectivity index (χ4v) is 4.06. The Morgan fingerprint density at radius 3 is 2.13 bits per heavy atom. The van der Waals surface area contributed by atoms with E-state index < -0.39 is 0 Å². The van der Waals surface area contributed by atoms with Crippen LogP contribution in [0.5, 0.6) is 0 Å². The molecule has 0 radical (unpaired) electrons. The molecule has 0 aliphatic heterocycles. The summed E-state index contributed by atoms with van der Waals surface area (Å²) in [4.78, 5) is 4.41. The Morgan fingerprint density at radius 1 is 0.742 bits per heavy atom. The molecule has 0 saturated carbocycles. The predicted octanol–water partition coefficient (Wildman–Crippen LogP) is 6.85. The molecule has 4 aromatic rings. The third kappa shape index (κ3) is 5.84. The Hall–Kier alpha value is -2.88. The number of unbranched alkanes of at least 4 members (excludes halogenated alkanes) is 2. The lowest BCUT2D eigenvalue weighted by molar-refractivity contribution is 0.562. The maximum Gasteiger partial charge on any atom is 0.0737 e. The van der Waals surface area contributed by atoms with Crippen LogP contribution in [-0.4, -0.2) is 18.1 Å². The van der Waals surface area contributed by atoms with Gasteiger partial charge in [0, 0.05) is 28.8 Å². The fourth-order valence-electron chi connectivity index (χ4n) is 3.89. The van der Waals surface area contributed by atoms with Crippen LogP contribution in [0.2, 0.25) is 5.02 Å². The summed E-state index contributed by atoms with van der Waals surface area (Å²) in [6.07, 6.45) is 5.27. The van der Waals surface area contributed by atoms with Crippen LogP contribution < -0.4 is 10.6 Å². The molecule has 3 aromatic carbocycles. The van der Waals surface area contributed by atoms with Gasteiger partial charge in [0.25, 0.3) is 0 Å². The summed E-state index contributed by atoms with van der Waals surface area (Å²) in [5, 5.41) is 9.13. The zero-order valence-corrected chi connectivity index (χ0v) is 18.4. The number of hydrogen-bond donors (Lipinski definition) is 2. The second kappa shape index (κ2) is 10.9. The summed E-state index contributed by atoms with van der Waals surface area (Å²) in [7, 11) is 0. The van der Waals surface area contributed by atoms with Crippen molar-refractivity contribution in [3.63, 3.8) is 0 Å². The predicted molar refractivity (Wildman–Crippen MR) is 132 cm³/mol. The molecule has 1 aromatic heterocycles. The molecular weight excluding hydrogens is 402 g/mol. The number of nitrogens with zero attached hydrogens (tertiary/aromatic N) is 1. The second-order valence-electron chi connectivity index (χ2n) is 7.72. The van der Waals surface area contributed by atoms with Crippen molar-refractivity contribution in [2.75, 3.05) is 18.4 Å². The quantitative estimate of drug-likeness (QED) is 0.271. The highest BCUT2D eigenvalue weighted by Gasteiger charge is 2.12. The molecule has 1 heterocycles. The molecule has 0 aliphatic rings. The van der Waals surface area contributed by atoms with E-state index in [2.05, 4.69) is 76.3 Å². The zero-order chi connectivity index (χ0) is 21.3. The van der Waals surface area contributed by atoms with Crippen LogP contribution in [0.25, 0.3) is 10.9 Å². The highest BCUT2D eigenvalue weighted by Crippen LogP contribution is 2.24. The average molecular weight is 430 g/mol. The SMILES string of the molecule is Clc1ccc2c(NCCCCCNC(c3ccccc3)c3ccccc3)ccnc2c1. The van der Waals surface area contributed by atoms with Gasteiger partial charge in [0.05, 0.1) is 11.6 Å². The fraction of sp³-hybridized carbons (Fsp3) is 0.222. The molecule has 0 aliphatic carbocycles. The van der Waals surface area contributed by atoms with E-state index in [1.54, 1.807) is 0 Å². The molecule has 0 bridgehead atoms. The van der Waals surface area contributed by atoms with E-state index in [0.29, 0.717) is 5.02 Å². The van der Waals surface area contributed by atoms with Crippen LogP contribution in [0.3, 0.4) is 0 Å². The smallest absolute Gasteiger partial charge is 0.0737 e. The Morgan fingerprint density at radius 2 is 1.42 bits per heavy atom. The van der Waals surface area contributed by atoms with Gasteiger partial charge in [0.2, 0.25) is 0 Å². The molecule has 0 atom stereocenters. The Kier molecular flexibility index (Phi) is 7.54. The first-order valence-electron chi connectivity index (χ1n) is 10.9. The van der Waals surface area contributed by atoms with Crippen LogP contribution in [0.15, 0.2) is 91.1 Å². The minimum Gasteiger partial charge on any atom is -0.384 e. The van der Waals surface area contributed by atoms with Crippen molar-refractivity contribution < 1.29 is 0 Å². The number of anilines is 1. The molecule has 0 spiro atoms. The normalized spacial score (nSPS) is 11.2. The van der Waals surface area contributed by atoms with Crippen LogP contribution in [-0.2, 0) is 0 Å². The average Bonchev–Trinajstić information content (AvgIpc) is 2.82. The minimum absolute atomic E-state index is 0.232. The van der Waals surface area contributed by atoms with Gasteiger partial charge in [0.1, 0.15) is 0 Å². The van der Waals surface area contributed by atoms with Crippen molar-refractivity contribution >= 4 is 28.2 Å². The third-order valence-corrected chi connectivity index (χ3v) is 5.72. The summed E-state index contributed by atoms with van der Waals surface area (Å²) in [5.74, 6) is 0. The zero-order valence-electron chi connectivity index (χ0n) is 17.6. The third-order valence-electron chi connectivity index (χ3n) is 5.49. The monoisotopic (exact) mass is 429 g/mol. The highest BCUT2D eigenvalue weighted by atomic mass is 35.5. The first-order chi connectivity index (χ1) is 15.3. The highest BCUT2D eigenvalue weighted by molar-refractivity contribution is 6.31. The topological polar surface area (TPSA) is 37.0 Å². The molecule has 4 heteroatoms. The summed E-state index contributed by atoms with van der Waals surface area (Å²) in [5.41, 5.74) is 4.66. The van der Waals surface area contributed by atoms with Gasteiger partial charge in [-0.3, -0.25) is 4.98 Å². The molecule has 2 N–H and O–H groups in total. The van der Waals surface area contributed by atoms with E-state index in [9.17, 15) is 0 Å². The summed E-state index contributed by atoms with van der Waals surface area (Å²) in [6.45, 7) is 1.94. The van der Waals surface area contributed by atoms with E-state index in [1.807, 2.05) is 30.5 Å². The molecule has 4 rings (SSSR count). The van der Waals surface area contributed by atoms with Gasteiger partial charge in [-0.15, -0.1) is 0 Å². The second-order valence-corrected chi connectivity index (χ2v) is 8.15. The van der Waals surface area contributed by atoms with Crippen LogP contribution in [0.4, 0.5) is 5.69 Å². The maximum absolute atomic E-state index is 6.08. The summed E-state index contributed by atoms with van der Waals surface area (Å²) in [6, 6.07) is 29.5. The summed E-state index contributed by atoms with van der Waals surface area (Å²) < 4.78 is 0. The molecular formula is C27H28ClN3. The Balaban J connectivity index is 1.24. The van der Waals surface area contributed by atoms with Crippen LogP contribution >= 0.6 is 11.6 Å². The minimum atomic E-state index is 0.232. The number of aromatic nitrogens is 1. The van der Waals surface area contributed by atoms with Gasteiger partial charge in [-0.05, 0) is 54.8 Å². The van der Waals surface area contributed by atoms with E-state index in [-0.39, 0.29) is 6.04 Å². The van der Waals surface area contributed by atoms with E-state index in [0.717, 1.165) is 42.5 Å². The Labute approximate surface area is 189 Å². The number of nitrogens with one attached hydrogen (secondary N) is 2. The number of pyridine rings is 1. The van der Waals surface area contributed by atoms with E-state index >= 15 is 0 Å². The van der Waals surface area contributed by atoms with Gasteiger partial charge in [0.15, 0.2) is 0 Å². The number of rotatable bonds is 10. The van der Waals surface area contributed by atoms with Crippen molar-refractivity contribution in [3.05, 3.63) is 107 Å². The van der Waals surface area contributed by atoms with Crippen molar-refractivity contribution in [3.8, 4) is 0 Å². The van der Waals surface area contributed by atoms with Crippen LogP contribution in [0.1, 0.15) is 36.4 Å². The van der Waals surface area contributed by atoms with E-state index in [1.165, 1.54) is 17.5 Å². The van der Waals surface area contributed by atoms with Gasteiger partial charge in [-0.2, -0.15) is 0 Å². The van der Waals surface area contributed by atoms with Gasteiger partial charge >= 0.3 is 0 Å². The first-order valence-corrected chi connectivity index (χ1v) is 11.3. The van der Waals surface area contributed by atoms with Gasteiger partial charge in [-0.25, -0.2) is 0 Å². The molecule has 3 nitrogen and oxygen atoms in total. The largest absolute Gasteiger partial charge is 0.384 e. The number of fused-ring (bicyclic) bond motifs is 1. The van der Waals surface area contributed by atoms with Crippen molar-refractivity contribution in [2.45, 2.75) is 25.3 Å². The van der Waals surface area contributed by atoms with Crippen molar-refractivity contribution in [1.29, 1.82) is 0 Å². The van der Waals surface area contributed by atoms with Crippen molar-refractivity contribution in [2.24, 2.45) is 0 Å². The number of hydrogen-bond acceptors (Lipinski definition) is 3. The molecule has 0 saturated heterocycles. The first kappa shape index (κ1) is 21.4. The summed E-state index contributed by atoms with van der Waals surface area (Å²) >= 11 is 6.08. The van der Waals surface area contributed by atoms with Crippen LogP contribution in [0, 0.1) is 0 Å². The number of halogens is 1. The molecule has 0 fully saturated rings. The lowest BCUT2D eigenvalue weighted by Crippen LogP contribution is -2.23. The Bertz CT molecular complexity index is 1040. The lowest BCUT2D eigenvalue weighted by Gasteiger charge is -2.20. The molecule has 0 amide bonds. The van der Waals surface area contributed by atoms with E-state index in [4.69, 9.17) is 11.6 Å². The molecule has 31 heavy (non-hydrogen) atoms. The van der Waals surface area contributed by atoms with Crippen molar-refractivity contribution in [1.82, 2.24) is 10.3 Å². The number of benzene rings is 3. The standard InChI is InChI=1S/C27H28ClN3/c28-23-14-15-24-25(16-19-30-26(24)20-23)29-17-8-3-9-18-31-27(21-10-4-1-5-11-21)22-12-6-2-7-13-22/h1-2,4-7,10-16,19-20,27,31H,3,8-9,17-18H2,(H,29,30). The lowest BCUT2D eigenvalue weighted by atomic mass is 9.98. The van der Waals surface area contributed by atoms with Gasteiger partial charge < -0.3 is 10.6 Å². The molecule has 158 valence electrons.